The number of nitrogen functional groups attached to an aromatic ring is 1. The van der Waals surface area contributed by atoms with Gasteiger partial charge in [-0.2, -0.15) is 0 Å². The van der Waals surface area contributed by atoms with E-state index in [1.54, 1.807) is 0 Å². The van der Waals surface area contributed by atoms with Crippen molar-refractivity contribution in [2.75, 3.05) is 5.73 Å². The Bertz CT molecular complexity index is 492. The maximum absolute atomic E-state index is 12.2. The molecule has 3 heteroatoms. The minimum atomic E-state index is 0.188. The molecule has 1 unspecified atom stereocenters. The normalized spacial score (nSPS) is 22.5. The number of aryl methyl sites for hydroxylation is 1. The summed E-state index contributed by atoms with van der Waals surface area (Å²) in [5, 5.41) is 3.24. The number of nitrogens with one attached hydrogen (secondary N) is 1. The topological polar surface area (TPSA) is 55.1 Å². The van der Waals surface area contributed by atoms with E-state index in [0.29, 0.717) is 12.3 Å². The molecule has 1 aromatic rings. The summed E-state index contributed by atoms with van der Waals surface area (Å²) >= 11 is 0. The van der Waals surface area contributed by atoms with Gasteiger partial charge < -0.3 is 11.1 Å². The number of anilines is 1. The SMILES string of the molecule is Nc1ccc2c(c1)CCCC2NC(=O)CC1CCCC1. The molecule has 3 N–H and O–H groups in total. The third-order valence-corrected chi connectivity index (χ3v) is 4.77. The van der Waals surface area contributed by atoms with E-state index >= 15 is 0 Å². The highest BCUT2D eigenvalue weighted by molar-refractivity contribution is 5.77. The number of hydrogen-bond acceptors (Lipinski definition) is 2. The average Bonchev–Trinajstić information content (AvgIpc) is 2.91. The van der Waals surface area contributed by atoms with Crippen molar-refractivity contribution in [2.45, 2.75) is 57.4 Å². The fourth-order valence-corrected chi connectivity index (χ4v) is 3.71. The second-order valence-electron chi connectivity index (χ2n) is 6.33. The van der Waals surface area contributed by atoms with Crippen molar-refractivity contribution >= 4 is 11.6 Å². The van der Waals surface area contributed by atoms with Gasteiger partial charge in [0, 0.05) is 12.1 Å². The molecule has 3 nitrogen and oxygen atoms in total. The molecule has 1 atom stereocenters. The van der Waals surface area contributed by atoms with Gasteiger partial charge in [0.2, 0.25) is 5.91 Å². The molecular formula is C17H24N2O. The lowest BCUT2D eigenvalue weighted by Crippen LogP contribution is -2.31. The molecule has 3 rings (SSSR count). The number of rotatable bonds is 3. The highest BCUT2D eigenvalue weighted by Crippen LogP contribution is 2.32. The Kier molecular flexibility index (Phi) is 3.95. The van der Waals surface area contributed by atoms with E-state index in [0.717, 1.165) is 24.9 Å². The first kappa shape index (κ1) is 13.5. The van der Waals surface area contributed by atoms with Gasteiger partial charge in [0.1, 0.15) is 0 Å². The Morgan fingerprint density at radius 1 is 1.20 bits per heavy atom. The highest BCUT2D eigenvalue weighted by atomic mass is 16.1. The quantitative estimate of drug-likeness (QED) is 0.829. The Hall–Kier alpha value is -1.51. The van der Waals surface area contributed by atoms with E-state index in [9.17, 15) is 4.79 Å². The van der Waals surface area contributed by atoms with Crippen molar-refractivity contribution in [1.29, 1.82) is 0 Å². The average molecular weight is 272 g/mol. The summed E-state index contributed by atoms with van der Waals surface area (Å²) in [6.45, 7) is 0. The van der Waals surface area contributed by atoms with E-state index < -0.39 is 0 Å². The predicted molar refractivity (Wildman–Crippen MR) is 81.3 cm³/mol. The maximum Gasteiger partial charge on any atom is 0.220 e. The highest BCUT2D eigenvalue weighted by Gasteiger charge is 2.24. The first-order valence-corrected chi connectivity index (χ1v) is 7.90. The fourth-order valence-electron chi connectivity index (χ4n) is 3.71. The molecule has 0 radical (unpaired) electrons. The minimum absolute atomic E-state index is 0.188. The summed E-state index contributed by atoms with van der Waals surface area (Å²) in [4.78, 5) is 12.2. The van der Waals surface area contributed by atoms with Crippen molar-refractivity contribution < 1.29 is 4.79 Å². The molecule has 1 fully saturated rings. The zero-order valence-corrected chi connectivity index (χ0v) is 12.0. The van der Waals surface area contributed by atoms with Crippen molar-refractivity contribution in [3.05, 3.63) is 29.3 Å². The third-order valence-electron chi connectivity index (χ3n) is 4.77. The minimum Gasteiger partial charge on any atom is -0.399 e. The van der Waals surface area contributed by atoms with Gasteiger partial charge in [-0.05, 0) is 61.3 Å². The van der Waals surface area contributed by atoms with Crippen LogP contribution in [0.3, 0.4) is 0 Å². The summed E-state index contributed by atoms with van der Waals surface area (Å²) in [7, 11) is 0. The largest absolute Gasteiger partial charge is 0.399 e. The molecule has 1 aromatic carbocycles. The predicted octanol–water partition coefficient (Wildman–Crippen LogP) is 3.34. The van der Waals surface area contributed by atoms with Crippen molar-refractivity contribution in [1.82, 2.24) is 5.32 Å². The smallest absolute Gasteiger partial charge is 0.220 e. The van der Waals surface area contributed by atoms with Crippen molar-refractivity contribution in [3.63, 3.8) is 0 Å². The molecule has 108 valence electrons. The Balaban J connectivity index is 1.65. The lowest BCUT2D eigenvalue weighted by atomic mass is 9.87. The fraction of sp³-hybridized carbons (Fsp3) is 0.588. The van der Waals surface area contributed by atoms with Crippen LogP contribution in [0.5, 0.6) is 0 Å². The molecule has 1 saturated carbocycles. The second-order valence-corrected chi connectivity index (χ2v) is 6.33. The number of carbonyl (C=O) groups excluding carboxylic acids is 1. The molecule has 0 aromatic heterocycles. The monoisotopic (exact) mass is 272 g/mol. The van der Waals surface area contributed by atoms with Gasteiger partial charge >= 0.3 is 0 Å². The van der Waals surface area contributed by atoms with Crippen LogP contribution in [0, 0.1) is 5.92 Å². The first-order valence-electron chi connectivity index (χ1n) is 7.90. The number of benzene rings is 1. The van der Waals surface area contributed by atoms with Crippen molar-refractivity contribution in [2.24, 2.45) is 5.92 Å². The zero-order chi connectivity index (χ0) is 13.9. The van der Waals surface area contributed by atoms with Gasteiger partial charge in [-0.3, -0.25) is 4.79 Å². The molecule has 0 saturated heterocycles. The number of nitrogens with two attached hydrogens (primary N) is 1. The van der Waals surface area contributed by atoms with Crippen LogP contribution in [0.15, 0.2) is 18.2 Å². The summed E-state index contributed by atoms with van der Waals surface area (Å²) in [5.41, 5.74) is 9.25. The van der Waals surface area contributed by atoms with E-state index in [-0.39, 0.29) is 11.9 Å². The van der Waals surface area contributed by atoms with Crippen LogP contribution < -0.4 is 11.1 Å². The summed E-state index contributed by atoms with van der Waals surface area (Å²) in [6, 6.07) is 6.28. The number of amides is 1. The van der Waals surface area contributed by atoms with Crippen LogP contribution in [0.1, 0.15) is 62.1 Å². The van der Waals surface area contributed by atoms with E-state index in [1.807, 2.05) is 6.07 Å². The van der Waals surface area contributed by atoms with Crippen LogP contribution in [0.2, 0.25) is 0 Å². The first-order chi connectivity index (χ1) is 9.72. The molecular weight excluding hydrogens is 248 g/mol. The molecule has 0 heterocycles. The van der Waals surface area contributed by atoms with Gasteiger partial charge in [0.25, 0.3) is 0 Å². The molecule has 20 heavy (non-hydrogen) atoms. The lowest BCUT2D eigenvalue weighted by molar-refractivity contribution is -0.122. The summed E-state index contributed by atoms with van der Waals surface area (Å²) in [5.74, 6) is 0.844. The molecule has 0 spiro atoms. The molecule has 0 bridgehead atoms. The van der Waals surface area contributed by atoms with Gasteiger partial charge in [0.15, 0.2) is 0 Å². The Labute approximate surface area is 120 Å². The number of fused-ring (bicyclic) bond motifs is 1. The number of hydrogen-bond donors (Lipinski definition) is 2. The van der Waals surface area contributed by atoms with Crippen LogP contribution in [0.25, 0.3) is 0 Å². The second kappa shape index (κ2) is 5.86. The molecule has 2 aliphatic rings. The van der Waals surface area contributed by atoms with Gasteiger partial charge in [-0.15, -0.1) is 0 Å². The Morgan fingerprint density at radius 3 is 2.80 bits per heavy atom. The van der Waals surface area contributed by atoms with Crippen LogP contribution in [-0.2, 0) is 11.2 Å². The van der Waals surface area contributed by atoms with Gasteiger partial charge in [-0.25, -0.2) is 0 Å². The molecule has 1 amide bonds. The number of carbonyl (C=O) groups is 1. The van der Waals surface area contributed by atoms with Crippen LogP contribution in [0.4, 0.5) is 5.69 Å². The van der Waals surface area contributed by atoms with Gasteiger partial charge in [0.05, 0.1) is 6.04 Å². The van der Waals surface area contributed by atoms with Crippen LogP contribution in [-0.4, -0.2) is 5.91 Å². The zero-order valence-electron chi connectivity index (χ0n) is 12.0. The van der Waals surface area contributed by atoms with E-state index in [1.165, 1.54) is 36.8 Å². The lowest BCUT2D eigenvalue weighted by Gasteiger charge is -2.27. The van der Waals surface area contributed by atoms with Crippen LogP contribution >= 0.6 is 0 Å². The molecule has 2 aliphatic carbocycles. The van der Waals surface area contributed by atoms with Gasteiger partial charge in [-0.1, -0.05) is 18.9 Å². The third kappa shape index (κ3) is 2.97. The Morgan fingerprint density at radius 2 is 2.00 bits per heavy atom. The van der Waals surface area contributed by atoms with E-state index in [2.05, 4.69) is 17.4 Å². The van der Waals surface area contributed by atoms with E-state index in [4.69, 9.17) is 5.73 Å². The molecule has 0 aliphatic heterocycles. The maximum atomic E-state index is 12.2. The van der Waals surface area contributed by atoms with Crippen molar-refractivity contribution in [3.8, 4) is 0 Å². The summed E-state index contributed by atoms with van der Waals surface area (Å²) < 4.78 is 0. The standard InChI is InChI=1S/C17H24N2O/c18-14-8-9-15-13(11-14)6-3-7-16(15)19-17(20)10-12-4-1-2-5-12/h8-9,11-12,16H,1-7,10,18H2,(H,19,20). The summed E-state index contributed by atoms with van der Waals surface area (Å²) in [6.07, 6.45) is 9.01.